The summed E-state index contributed by atoms with van der Waals surface area (Å²) in [6, 6.07) is 3.56. The second kappa shape index (κ2) is 5.45. The molecule has 0 fully saturated rings. The Kier molecular flexibility index (Phi) is 3.72. The van der Waals surface area contributed by atoms with E-state index in [1.54, 1.807) is 4.68 Å². The molecule has 0 unspecified atom stereocenters. The molecule has 1 amide bonds. The predicted octanol–water partition coefficient (Wildman–Crippen LogP) is 3.32. The summed E-state index contributed by atoms with van der Waals surface area (Å²) in [5.41, 5.74) is 10.7. The van der Waals surface area contributed by atoms with Crippen LogP contribution in [0.1, 0.15) is 35.3 Å². The van der Waals surface area contributed by atoms with Crippen LogP contribution in [-0.4, -0.2) is 32.4 Å². The van der Waals surface area contributed by atoms with Crippen molar-refractivity contribution >= 4 is 23.5 Å². The van der Waals surface area contributed by atoms with Crippen LogP contribution in [0, 0.1) is 13.8 Å². The van der Waals surface area contributed by atoms with E-state index in [1.807, 2.05) is 32.9 Å². The first-order chi connectivity index (χ1) is 10.8. The minimum atomic E-state index is -0.937. The SMILES string of the molecule is Cc1cc(-n2nc3c(c2N)[C@H](C)N(C(=O)O)CC3)cc(C)c1Cl. The molecule has 23 heavy (non-hydrogen) atoms. The molecule has 0 radical (unpaired) electrons. The number of amides is 1. The molecular weight excluding hydrogens is 316 g/mol. The van der Waals surface area contributed by atoms with Crippen molar-refractivity contribution in [3.05, 3.63) is 39.5 Å². The summed E-state index contributed by atoms with van der Waals surface area (Å²) in [5.74, 6) is 0.486. The first-order valence-electron chi connectivity index (χ1n) is 7.45. The number of aryl methyl sites for hydroxylation is 2. The molecule has 3 N–H and O–H groups in total. The molecule has 6 nitrogen and oxygen atoms in total. The van der Waals surface area contributed by atoms with Gasteiger partial charge in [0.25, 0.3) is 0 Å². The minimum absolute atomic E-state index is 0.306. The second-order valence-electron chi connectivity index (χ2n) is 5.95. The summed E-state index contributed by atoms with van der Waals surface area (Å²) in [4.78, 5) is 12.7. The van der Waals surface area contributed by atoms with Gasteiger partial charge >= 0.3 is 6.09 Å². The molecular formula is C16H19ClN4O2. The van der Waals surface area contributed by atoms with Gasteiger partial charge in [-0.1, -0.05) is 11.6 Å². The van der Waals surface area contributed by atoms with E-state index in [4.69, 9.17) is 17.3 Å². The van der Waals surface area contributed by atoms with E-state index in [1.165, 1.54) is 4.90 Å². The Hall–Kier alpha value is -2.21. The van der Waals surface area contributed by atoms with Crippen molar-refractivity contribution < 1.29 is 9.90 Å². The summed E-state index contributed by atoms with van der Waals surface area (Å²) in [6.45, 7) is 6.14. The molecule has 122 valence electrons. The number of nitrogens with zero attached hydrogens (tertiary/aromatic N) is 3. The van der Waals surface area contributed by atoms with Crippen molar-refractivity contribution in [2.45, 2.75) is 33.2 Å². The molecule has 2 aromatic rings. The summed E-state index contributed by atoms with van der Waals surface area (Å²) < 4.78 is 1.68. The van der Waals surface area contributed by atoms with Crippen molar-refractivity contribution in [2.24, 2.45) is 0 Å². The summed E-state index contributed by atoms with van der Waals surface area (Å²) in [5, 5.41) is 14.6. The van der Waals surface area contributed by atoms with Gasteiger partial charge in [0.1, 0.15) is 5.82 Å². The van der Waals surface area contributed by atoms with E-state index < -0.39 is 6.09 Å². The van der Waals surface area contributed by atoms with Crippen LogP contribution in [0.15, 0.2) is 12.1 Å². The highest BCUT2D eigenvalue weighted by Crippen LogP contribution is 2.35. The number of hydrogen-bond acceptors (Lipinski definition) is 3. The van der Waals surface area contributed by atoms with Crippen LogP contribution in [0.4, 0.5) is 10.6 Å². The van der Waals surface area contributed by atoms with Gasteiger partial charge in [-0.15, -0.1) is 0 Å². The largest absolute Gasteiger partial charge is 0.465 e. The van der Waals surface area contributed by atoms with Crippen LogP contribution >= 0.6 is 11.6 Å². The van der Waals surface area contributed by atoms with E-state index >= 15 is 0 Å². The normalized spacial score (nSPS) is 17.2. The minimum Gasteiger partial charge on any atom is -0.465 e. The number of halogens is 1. The monoisotopic (exact) mass is 334 g/mol. The zero-order valence-corrected chi connectivity index (χ0v) is 14.1. The third kappa shape index (κ3) is 2.43. The Morgan fingerprint density at radius 2 is 2.00 bits per heavy atom. The van der Waals surface area contributed by atoms with E-state index in [0.29, 0.717) is 18.8 Å². The highest BCUT2D eigenvalue weighted by molar-refractivity contribution is 6.32. The van der Waals surface area contributed by atoms with Gasteiger partial charge in [0, 0.05) is 23.6 Å². The highest BCUT2D eigenvalue weighted by Gasteiger charge is 2.32. The first-order valence-corrected chi connectivity index (χ1v) is 7.83. The molecule has 0 spiro atoms. The standard InChI is InChI=1S/C16H19ClN4O2/c1-8-6-11(7-9(2)14(8)17)21-15(18)13-10(3)20(16(22)23)5-4-12(13)19-21/h6-7,10H,4-5,18H2,1-3H3,(H,22,23)/t10-/m0/s1. The van der Waals surface area contributed by atoms with Gasteiger partial charge in [-0.25, -0.2) is 9.48 Å². The van der Waals surface area contributed by atoms with Crippen molar-refractivity contribution in [3.63, 3.8) is 0 Å². The number of fused-ring (bicyclic) bond motifs is 1. The van der Waals surface area contributed by atoms with Gasteiger partial charge in [0.05, 0.1) is 17.4 Å². The molecule has 2 heterocycles. The van der Waals surface area contributed by atoms with Crippen LogP contribution < -0.4 is 5.73 Å². The van der Waals surface area contributed by atoms with Crippen LogP contribution in [0.2, 0.25) is 5.02 Å². The molecule has 3 rings (SSSR count). The molecule has 1 aliphatic rings. The van der Waals surface area contributed by atoms with E-state index in [2.05, 4.69) is 5.10 Å². The highest BCUT2D eigenvalue weighted by atomic mass is 35.5. The Balaban J connectivity index is 2.11. The third-order valence-electron chi connectivity index (χ3n) is 4.42. The maximum atomic E-state index is 11.3. The smallest absolute Gasteiger partial charge is 0.407 e. The number of hydrogen-bond donors (Lipinski definition) is 2. The fourth-order valence-electron chi connectivity index (χ4n) is 3.21. The zero-order valence-electron chi connectivity index (χ0n) is 13.3. The molecule has 0 saturated carbocycles. The lowest BCUT2D eigenvalue weighted by Crippen LogP contribution is -2.37. The summed E-state index contributed by atoms with van der Waals surface area (Å²) in [7, 11) is 0. The first kappa shape index (κ1) is 15.7. The number of carboxylic acid groups (broad SMARTS) is 1. The van der Waals surface area contributed by atoms with Crippen LogP contribution in [0.5, 0.6) is 0 Å². The lowest BCUT2D eigenvalue weighted by Gasteiger charge is -2.30. The summed E-state index contributed by atoms with van der Waals surface area (Å²) in [6.07, 6.45) is -0.372. The van der Waals surface area contributed by atoms with Crippen molar-refractivity contribution in [3.8, 4) is 5.69 Å². The zero-order chi connectivity index (χ0) is 16.9. The number of aromatic nitrogens is 2. The van der Waals surface area contributed by atoms with Crippen molar-refractivity contribution in [2.75, 3.05) is 12.3 Å². The quantitative estimate of drug-likeness (QED) is 0.837. The third-order valence-corrected chi connectivity index (χ3v) is 5.02. The molecule has 1 aromatic carbocycles. The lowest BCUT2D eigenvalue weighted by molar-refractivity contribution is 0.124. The molecule has 0 aliphatic carbocycles. The van der Waals surface area contributed by atoms with Crippen LogP contribution in [0.25, 0.3) is 5.69 Å². The number of nitrogens with two attached hydrogens (primary N) is 1. The Morgan fingerprint density at radius 1 is 1.39 bits per heavy atom. The average molecular weight is 335 g/mol. The molecule has 1 aromatic heterocycles. The van der Waals surface area contributed by atoms with Crippen molar-refractivity contribution in [1.82, 2.24) is 14.7 Å². The van der Waals surface area contributed by atoms with Gasteiger partial charge in [-0.3, -0.25) is 0 Å². The molecule has 0 saturated heterocycles. The Labute approximate surface area is 139 Å². The van der Waals surface area contributed by atoms with E-state index in [0.717, 1.165) is 33.1 Å². The van der Waals surface area contributed by atoms with Gasteiger partial charge in [0.2, 0.25) is 0 Å². The predicted molar refractivity (Wildman–Crippen MR) is 89.3 cm³/mol. The van der Waals surface area contributed by atoms with Gasteiger partial charge < -0.3 is 15.7 Å². The number of nitrogen functional groups attached to an aromatic ring is 1. The lowest BCUT2D eigenvalue weighted by atomic mass is 10.0. The Bertz CT molecular complexity index is 777. The molecule has 1 atom stereocenters. The average Bonchev–Trinajstić information content (AvgIpc) is 2.82. The second-order valence-corrected chi connectivity index (χ2v) is 6.33. The number of rotatable bonds is 1. The van der Waals surface area contributed by atoms with Crippen LogP contribution in [-0.2, 0) is 6.42 Å². The fourth-order valence-corrected chi connectivity index (χ4v) is 3.32. The topological polar surface area (TPSA) is 84.4 Å². The van der Waals surface area contributed by atoms with E-state index in [-0.39, 0.29) is 6.04 Å². The molecule has 0 bridgehead atoms. The van der Waals surface area contributed by atoms with Gasteiger partial charge in [-0.05, 0) is 44.0 Å². The van der Waals surface area contributed by atoms with Gasteiger partial charge in [-0.2, -0.15) is 5.10 Å². The number of benzene rings is 1. The summed E-state index contributed by atoms with van der Waals surface area (Å²) >= 11 is 6.22. The van der Waals surface area contributed by atoms with Gasteiger partial charge in [0.15, 0.2) is 0 Å². The van der Waals surface area contributed by atoms with E-state index in [9.17, 15) is 9.90 Å². The number of carbonyl (C=O) groups is 1. The fraction of sp³-hybridized carbons (Fsp3) is 0.375. The Morgan fingerprint density at radius 3 is 2.57 bits per heavy atom. The molecule has 7 heteroatoms. The number of anilines is 1. The maximum absolute atomic E-state index is 11.3. The van der Waals surface area contributed by atoms with Crippen molar-refractivity contribution in [1.29, 1.82) is 0 Å². The van der Waals surface area contributed by atoms with Crippen LogP contribution in [0.3, 0.4) is 0 Å². The maximum Gasteiger partial charge on any atom is 0.407 e. The molecule has 1 aliphatic heterocycles.